The molecule has 4 atom stereocenters. The fourth-order valence-corrected chi connectivity index (χ4v) is 2.86. The Kier molecular flexibility index (Phi) is 3.81. The van der Waals surface area contributed by atoms with Crippen molar-refractivity contribution in [2.75, 3.05) is 7.11 Å². The SMILES string of the molecule is COC(=O)[C@@H]1N[C@H](c2ccccc2)[C@@H](Br)[C@@H]1N. The number of alkyl halides is 1. The molecule has 5 heteroatoms. The second-order valence-corrected chi connectivity index (χ2v) is 5.13. The molecular formula is C12H15BrN2O2. The minimum atomic E-state index is -0.463. The summed E-state index contributed by atoms with van der Waals surface area (Å²) in [5, 5.41) is 3.21. The molecule has 0 bridgehead atoms. The van der Waals surface area contributed by atoms with Gasteiger partial charge in [-0.2, -0.15) is 0 Å². The highest BCUT2D eigenvalue weighted by Gasteiger charge is 2.44. The maximum atomic E-state index is 11.6. The number of methoxy groups -OCH3 is 1. The van der Waals surface area contributed by atoms with Crippen LogP contribution >= 0.6 is 15.9 Å². The van der Waals surface area contributed by atoms with Crippen molar-refractivity contribution in [2.24, 2.45) is 5.73 Å². The van der Waals surface area contributed by atoms with Crippen LogP contribution in [0.4, 0.5) is 0 Å². The van der Waals surface area contributed by atoms with E-state index in [1.165, 1.54) is 7.11 Å². The van der Waals surface area contributed by atoms with E-state index in [1.54, 1.807) is 0 Å². The van der Waals surface area contributed by atoms with Crippen LogP contribution in [0.5, 0.6) is 0 Å². The van der Waals surface area contributed by atoms with E-state index >= 15 is 0 Å². The molecule has 0 aliphatic carbocycles. The zero-order valence-electron chi connectivity index (χ0n) is 9.47. The van der Waals surface area contributed by atoms with E-state index in [2.05, 4.69) is 21.2 Å². The molecule has 1 aromatic carbocycles. The average Bonchev–Trinajstić information content (AvgIpc) is 2.67. The van der Waals surface area contributed by atoms with Gasteiger partial charge in [-0.1, -0.05) is 46.3 Å². The van der Waals surface area contributed by atoms with Crippen molar-refractivity contribution in [3.63, 3.8) is 0 Å². The summed E-state index contributed by atoms with van der Waals surface area (Å²) >= 11 is 3.55. The second-order valence-electron chi connectivity index (χ2n) is 4.08. The molecule has 3 N–H and O–H groups in total. The minimum absolute atomic E-state index is 0.00833. The number of halogens is 1. The van der Waals surface area contributed by atoms with Gasteiger partial charge in [-0.05, 0) is 5.56 Å². The van der Waals surface area contributed by atoms with Gasteiger partial charge in [0.2, 0.25) is 0 Å². The van der Waals surface area contributed by atoms with Gasteiger partial charge in [0.15, 0.2) is 0 Å². The van der Waals surface area contributed by atoms with Crippen molar-refractivity contribution in [3.05, 3.63) is 35.9 Å². The summed E-state index contributed by atoms with van der Waals surface area (Å²) in [6, 6.07) is 9.18. The van der Waals surface area contributed by atoms with Crippen LogP contribution in [-0.2, 0) is 9.53 Å². The summed E-state index contributed by atoms with van der Waals surface area (Å²) in [4.78, 5) is 11.6. The van der Waals surface area contributed by atoms with Gasteiger partial charge in [-0.15, -0.1) is 0 Å². The predicted octanol–water partition coefficient (Wildman–Crippen LogP) is 0.963. The number of ether oxygens (including phenoxy) is 1. The normalized spacial score (nSPS) is 32.4. The van der Waals surface area contributed by atoms with Gasteiger partial charge in [0.25, 0.3) is 0 Å². The van der Waals surface area contributed by atoms with Crippen molar-refractivity contribution >= 4 is 21.9 Å². The van der Waals surface area contributed by atoms with E-state index in [0.717, 1.165) is 5.56 Å². The number of carbonyl (C=O) groups is 1. The van der Waals surface area contributed by atoms with Crippen LogP contribution in [0.1, 0.15) is 11.6 Å². The highest BCUT2D eigenvalue weighted by molar-refractivity contribution is 9.09. The Morgan fingerprint density at radius 3 is 2.65 bits per heavy atom. The highest BCUT2D eigenvalue weighted by atomic mass is 79.9. The molecule has 4 nitrogen and oxygen atoms in total. The molecule has 0 amide bonds. The molecule has 1 saturated heterocycles. The number of nitrogens with two attached hydrogens (primary N) is 1. The van der Waals surface area contributed by atoms with Gasteiger partial charge in [0.05, 0.1) is 11.9 Å². The lowest BCUT2D eigenvalue weighted by Gasteiger charge is -2.15. The third-order valence-corrected chi connectivity index (χ3v) is 4.18. The zero-order valence-corrected chi connectivity index (χ0v) is 11.1. The van der Waals surface area contributed by atoms with Gasteiger partial charge in [-0.3, -0.25) is 10.1 Å². The number of rotatable bonds is 2. The maximum Gasteiger partial charge on any atom is 0.324 e. The lowest BCUT2D eigenvalue weighted by atomic mass is 10.0. The summed E-state index contributed by atoms with van der Waals surface area (Å²) in [5.41, 5.74) is 7.12. The van der Waals surface area contributed by atoms with E-state index in [0.29, 0.717) is 0 Å². The van der Waals surface area contributed by atoms with Crippen molar-refractivity contribution in [1.82, 2.24) is 5.32 Å². The summed E-state index contributed by atoms with van der Waals surface area (Å²) in [5.74, 6) is -0.319. The second kappa shape index (κ2) is 5.16. The number of carbonyl (C=O) groups excluding carboxylic acids is 1. The van der Waals surface area contributed by atoms with E-state index in [-0.39, 0.29) is 22.9 Å². The molecule has 1 fully saturated rings. The molecule has 2 rings (SSSR count). The van der Waals surface area contributed by atoms with E-state index in [9.17, 15) is 4.79 Å². The smallest absolute Gasteiger partial charge is 0.324 e. The lowest BCUT2D eigenvalue weighted by molar-refractivity contribution is -0.143. The van der Waals surface area contributed by atoms with E-state index < -0.39 is 6.04 Å². The Labute approximate surface area is 109 Å². The first-order chi connectivity index (χ1) is 8.15. The summed E-state index contributed by atoms with van der Waals surface area (Å²) in [7, 11) is 1.37. The lowest BCUT2D eigenvalue weighted by Crippen LogP contribution is -2.45. The van der Waals surface area contributed by atoms with Crippen molar-refractivity contribution in [1.29, 1.82) is 0 Å². The van der Waals surface area contributed by atoms with Crippen LogP contribution < -0.4 is 11.1 Å². The molecular weight excluding hydrogens is 284 g/mol. The fraction of sp³-hybridized carbons (Fsp3) is 0.417. The van der Waals surface area contributed by atoms with Crippen LogP contribution in [0.25, 0.3) is 0 Å². The molecule has 17 heavy (non-hydrogen) atoms. The zero-order chi connectivity index (χ0) is 12.4. The Hall–Kier alpha value is -0.910. The van der Waals surface area contributed by atoms with Gasteiger partial charge in [0, 0.05) is 12.1 Å². The van der Waals surface area contributed by atoms with Crippen LogP contribution in [0.3, 0.4) is 0 Å². The summed E-state index contributed by atoms with van der Waals surface area (Å²) in [6.07, 6.45) is 0. The monoisotopic (exact) mass is 298 g/mol. The van der Waals surface area contributed by atoms with Crippen LogP contribution in [-0.4, -0.2) is 30.0 Å². The van der Waals surface area contributed by atoms with Crippen molar-refractivity contribution in [2.45, 2.75) is 23.0 Å². The molecule has 0 radical (unpaired) electrons. The third kappa shape index (κ3) is 2.36. The van der Waals surface area contributed by atoms with Gasteiger partial charge in [-0.25, -0.2) is 0 Å². The quantitative estimate of drug-likeness (QED) is 0.631. The molecule has 1 aliphatic heterocycles. The predicted molar refractivity (Wildman–Crippen MR) is 68.8 cm³/mol. The minimum Gasteiger partial charge on any atom is -0.468 e. The number of nitrogens with one attached hydrogen (secondary N) is 1. The van der Waals surface area contributed by atoms with Crippen LogP contribution in [0, 0.1) is 0 Å². The molecule has 1 aliphatic rings. The average molecular weight is 299 g/mol. The van der Waals surface area contributed by atoms with Crippen LogP contribution in [0.15, 0.2) is 30.3 Å². The van der Waals surface area contributed by atoms with E-state index in [4.69, 9.17) is 10.5 Å². The van der Waals surface area contributed by atoms with Gasteiger partial charge < -0.3 is 10.5 Å². The van der Waals surface area contributed by atoms with E-state index in [1.807, 2.05) is 30.3 Å². The maximum absolute atomic E-state index is 11.6. The van der Waals surface area contributed by atoms with Crippen LogP contribution in [0.2, 0.25) is 0 Å². The fourth-order valence-electron chi connectivity index (χ4n) is 2.10. The summed E-state index contributed by atoms with van der Waals surface area (Å²) in [6.45, 7) is 0. The molecule has 0 saturated carbocycles. The van der Waals surface area contributed by atoms with Gasteiger partial charge >= 0.3 is 5.97 Å². The first-order valence-electron chi connectivity index (χ1n) is 5.43. The topological polar surface area (TPSA) is 64.3 Å². The number of benzene rings is 1. The largest absolute Gasteiger partial charge is 0.468 e. The number of hydrogen-bond acceptors (Lipinski definition) is 4. The van der Waals surface area contributed by atoms with Crippen molar-refractivity contribution in [3.8, 4) is 0 Å². The Balaban J connectivity index is 2.20. The molecule has 1 heterocycles. The van der Waals surface area contributed by atoms with Crippen molar-refractivity contribution < 1.29 is 9.53 Å². The molecule has 0 aromatic heterocycles. The third-order valence-electron chi connectivity index (χ3n) is 3.04. The number of hydrogen-bond donors (Lipinski definition) is 2. The first-order valence-corrected chi connectivity index (χ1v) is 6.35. The number of esters is 1. The Morgan fingerprint density at radius 2 is 2.06 bits per heavy atom. The summed E-state index contributed by atoms with van der Waals surface area (Å²) < 4.78 is 4.73. The Bertz CT molecular complexity index is 399. The van der Waals surface area contributed by atoms with Gasteiger partial charge in [0.1, 0.15) is 6.04 Å². The molecule has 1 aromatic rings. The highest BCUT2D eigenvalue weighted by Crippen LogP contribution is 2.32. The Morgan fingerprint density at radius 1 is 1.41 bits per heavy atom. The molecule has 92 valence electrons. The molecule has 0 spiro atoms. The standard InChI is InChI=1S/C12H15BrN2O2/c1-17-12(16)11-9(14)8(13)10(15-11)7-5-3-2-4-6-7/h2-6,8-11,15H,14H2,1H3/t8-,9-,10+,11+/m0/s1. The first kappa shape index (κ1) is 12.5. The molecule has 0 unspecified atom stereocenters.